The van der Waals surface area contributed by atoms with Crippen molar-refractivity contribution in [1.29, 1.82) is 0 Å². The van der Waals surface area contributed by atoms with Crippen LogP contribution in [0.25, 0.3) is 0 Å². The molecule has 1 N–H and O–H groups in total. The minimum Gasteiger partial charge on any atom is -0.357 e. The first kappa shape index (κ1) is 21.4. The highest BCUT2D eigenvalue weighted by Crippen LogP contribution is 2.47. The molecule has 2 aliphatic rings. The van der Waals surface area contributed by atoms with Crippen molar-refractivity contribution < 1.29 is 14.0 Å². The van der Waals surface area contributed by atoms with Crippen molar-refractivity contribution >= 4 is 34.7 Å². The third kappa shape index (κ3) is 3.93. The zero-order valence-corrected chi connectivity index (χ0v) is 18.8. The second kappa shape index (κ2) is 8.49. The number of para-hydroxylation sites is 2. The highest BCUT2D eigenvalue weighted by molar-refractivity contribution is 6.30. The highest BCUT2D eigenvalue weighted by atomic mass is 35.5. The van der Waals surface area contributed by atoms with Crippen LogP contribution in [0, 0.1) is 5.82 Å². The van der Waals surface area contributed by atoms with E-state index in [1.165, 1.54) is 19.1 Å². The van der Waals surface area contributed by atoms with Crippen LogP contribution >= 0.6 is 11.6 Å². The maximum atomic E-state index is 13.7. The summed E-state index contributed by atoms with van der Waals surface area (Å²) in [6.45, 7) is 1.49. The van der Waals surface area contributed by atoms with E-state index in [0.717, 1.165) is 16.9 Å². The number of anilines is 2. The van der Waals surface area contributed by atoms with E-state index >= 15 is 0 Å². The molecule has 4 nitrogen and oxygen atoms in total. The number of fused-ring (bicyclic) bond motifs is 1. The van der Waals surface area contributed by atoms with Crippen LogP contribution < -0.4 is 10.2 Å². The molecule has 0 unspecified atom stereocenters. The maximum Gasteiger partial charge on any atom is 0.224 e. The van der Waals surface area contributed by atoms with Crippen LogP contribution in [0.4, 0.5) is 15.8 Å². The lowest BCUT2D eigenvalue weighted by Crippen LogP contribution is -2.37. The smallest absolute Gasteiger partial charge is 0.224 e. The molecule has 166 valence electrons. The van der Waals surface area contributed by atoms with Crippen molar-refractivity contribution in [3.05, 3.63) is 106 Å². The van der Waals surface area contributed by atoms with Gasteiger partial charge in [0.15, 0.2) is 5.78 Å². The van der Waals surface area contributed by atoms with Gasteiger partial charge >= 0.3 is 0 Å². The molecule has 3 aromatic carbocycles. The molecule has 5 rings (SSSR count). The van der Waals surface area contributed by atoms with E-state index in [1.54, 1.807) is 17.0 Å². The highest BCUT2D eigenvalue weighted by Gasteiger charge is 2.40. The first-order chi connectivity index (χ1) is 15.9. The van der Waals surface area contributed by atoms with Gasteiger partial charge in [0.05, 0.1) is 17.4 Å². The quantitative estimate of drug-likeness (QED) is 0.481. The molecule has 0 bridgehead atoms. The Bertz CT molecular complexity index is 1270. The summed E-state index contributed by atoms with van der Waals surface area (Å²) in [6, 6.07) is 20.5. The van der Waals surface area contributed by atoms with E-state index in [1.807, 2.05) is 48.5 Å². The zero-order valence-electron chi connectivity index (χ0n) is 18.0. The lowest BCUT2D eigenvalue weighted by atomic mass is 9.78. The number of nitrogens with one attached hydrogen (secondary N) is 1. The Labute approximate surface area is 196 Å². The number of rotatable bonds is 2. The Morgan fingerprint density at radius 3 is 2.33 bits per heavy atom. The SMILES string of the molecule is CC(=O)N1c2ccccc2NC2=C(C(=O)C[C@H](c3ccc(Cl)cc3)C2)[C@H]1c1ccc(F)cc1. The summed E-state index contributed by atoms with van der Waals surface area (Å²) in [5, 5.41) is 4.11. The van der Waals surface area contributed by atoms with Gasteiger partial charge in [-0.05, 0) is 59.9 Å². The molecule has 1 heterocycles. The van der Waals surface area contributed by atoms with Crippen molar-refractivity contribution in [3.63, 3.8) is 0 Å². The average Bonchev–Trinajstić information content (AvgIpc) is 2.94. The number of hydrogen-bond donors (Lipinski definition) is 1. The zero-order chi connectivity index (χ0) is 23.1. The minimum atomic E-state index is -0.645. The minimum absolute atomic E-state index is 0.00840. The van der Waals surface area contributed by atoms with Crippen LogP contribution in [0.3, 0.4) is 0 Å². The second-order valence-corrected chi connectivity index (χ2v) is 8.89. The predicted molar refractivity (Wildman–Crippen MR) is 128 cm³/mol. The molecule has 0 fully saturated rings. The first-order valence-corrected chi connectivity index (χ1v) is 11.2. The molecule has 6 heteroatoms. The molecule has 1 aliphatic carbocycles. The van der Waals surface area contributed by atoms with Crippen molar-refractivity contribution in [2.45, 2.75) is 31.7 Å². The molecule has 33 heavy (non-hydrogen) atoms. The van der Waals surface area contributed by atoms with Crippen LogP contribution in [0.1, 0.15) is 42.9 Å². The number of Topliss-reactive ketones (excluding diaryl/α,β-unsaturated/α-hetero) is 1. The topological polar surface area (TPSA) is 49.4 Å². The molecule has 0 radical (unpaired) electrons. The van der Waals surface area contributed by atoms with Gasteiger partial charge in [-0.15, -0.1) is 0 Å². The molecule has 1 amide bonds. The molecular weight excluding hydrogens is 439 g/mol. The number of halogens is 2. The molecule has 0 spiro atoms. The maximum absolute atomic E-state index is 13.7. The van der Waals surface area contributed by atoms with Gasteiger partial charge < -0.3 is 5.32 Å². The molecule has 0 saturated heterocycles. The Morgan fingerprint density at radius 2 is 1.64 bits per heavy atom. The normalized spacial score (nSPS) is 20.0. The summed E-state index contributed by atoms with van der Waals surface area (Å²) in [5.41, 5.74) is 4.52. The van der Waals surface area contributed by atoms with Crippen LogP contribution in [-0.4, -0.2) is 11.7 Å². The van der Waals surface area contributed by atoms with E-state index in [2.05, 4.69) is 5.32 Å². The van der Waals surface area contributed by atoms with E-state index < -0.39 is 6.04 Å². The lowest BCUT2D eigenvalue weighted by Gasteiger charge is -2.34. The van der Waals surface area contributed by atoms with Crippen molar-refractivity contribution in [2.75, 3.05) is 10.2 Å². The van der Waals surface area contributed by atoms with E-state index in [0.29, 0.717) is 34.7 Å². The van der Waals surface area contributed by atoms with Gasteiger partial charge in [0.25, 0.3) is 0 Å². The van der Waals surface area contributed by atoms with Crippen LogP contribution in [-0.2, 0) is 9.59 Å². The van der Waals surface area contributed by atoms with Gasteiger partial charge in [0.2, 0.25) is 5.91 Å². The van der Waals surface area contributed by atoms with E-state index in [9.17, 15) is 14.0 Å². The fraction of sp³-hybridized carbons (Fsp3) is 0.185. The third-order valence-electron chi connectivity index (χ3n) is 6.36. The Balaban J connectivity index is 1.69. The summed E-state index contributed by atoms with van der Waals surface area (Å²) in [6.07, 6.45) is 0.933. The van der Waals surface area contributed by atoms with Crippen LogP contribution in [0.5, 0.6) is 0 Å². The molecule has 1 aliphatic heterocycles. The summed E-state index contributed by atoms with van der Waals surface area (Å²) in [7, 11) is 0. The van der Waals surface area contributed by atoms with E-state index in [-0.39, 0.29) is 23.4 Å². The Morgan fingerprint density at radius 1 is 0.970 bits per heavy atom. The van der Waals surface area contributed by atoms with Gasteiger partial charge in [-0.1, -0.05) is 48.0 Å². The Kier molecular flexibility index (Phi) is 5.51. The van der Waals surface area contributed by atoms with Gasteiger partial charge in [-0.2, -0.15) is 0 Å². The van der Waals surface area contributed by atoms with Gasteiger partial charge in [-0.25, -0.2) is 4.39 Å². The van der Waals surface area contributed by atoms with Gasteiger partial charge in [-0.3, -0.25) is 14.5 Å². The van der Waals surface area contributed by atoms with Crippen molar-refractivity contribution in [1.82, 2.24) is 0 Å². The van der Waals surface area contributed by atoms with Gasteiger partial charge in [0.1, 0.15) is 5.82 Å². The molecule has 0 aromatic heterocycles. The van der Waals surface area contributed by atoms with E-state index in [4.69, 9.17) is 11.6 Å². The number of hydrogen-bond acceptors (Lipinski definition) is 3. The number of allylic oxidation sites excluding steroid dienone is 1. The predicted octanol–water partition coefficient (Wildman–Crippen LogP) is 6.40. The first-order valence-electron chi connectivity index (χ1n) is 10.9. The van der Waals surface area contributed by atoms with Gasteiger partial charge in [0, 0.05) is 29.6 Å². The standard InChI is InChI=1S/C27H22ClFN2O2/c1-16(32)31-24-5-3-2-4-22(24)30-23-14-19(17-6-10-20(28)11-7-17)15-25(33)26(23)27(31)18-8-12-21(29)13-9-18/h2-13,19,27,30H,14-15H2,1H3/t19-,27-/m1/s1. The number of nitrogens with zero attached hydrogens (tertiary/aromatic N) is 1. The number of carbonyl (C=O) groups is 2. The monoisotopic (exact) mass is 460 g/mol. The molecular formula is C27H22ClFN2O2. The number of benzene rings is 3. The number of ketones is 1. The van der Waals surface area contributed by atoms with Crippen molar-refractivity contribution in [3.8, 4) is 0 Å². The summed E-state index contributed by atoms with van der Waals surface area (Å²) in [5.74, 6) is -0.602. The second-order valence-electron chi connectivity index (χ2n) is 8.46. The fourth-order valence-electron chi connectivity index (χ4n) is 4.87. The van der Waals surface area contributed by atoms with Crippen LogP contribution in [0.15, 0.2) is 84.1 Å². The number of amides is 1. The Hall–Kier alpha value is -3.44. The summed E-state index contributed by atoms with van der Waals surface area (Å²) >= 11 is 6.06. The molecule has 2 atom stereocenters. The average molecular weight is 461 g/mol. The lowest BCUT2D eigenvalue weighted by molar-refractivity contribution is -0.117. The summed E-state index contributed by atoms with van der Waals surface area (Å²) < 4.78 is 13.7. The number of carbonyl (C=O) groups excluding carboxylic acids is 2. The third-order valence-corrected chi connectivity index (χ3v) is 6.61. The fourth-order valence-corrected chi connectivity index (χ4v) is 5.00. The largest absolute Gasteiger partial charge is 0.357 e. The molecule has 3 aromatic rings. The van der Waals surface area contributed by atoms with Crippen LogP contribution in [0.2, 0.25) is 5.02 Å². The summed E-state index contributed by atoms with van der Waals surface area (Å²) in [4.78, 5) is 28.2. The van der Waals surface area contributed by atoms with Crippen molar-refractivity contribution in [2.24, 2.45) is 0 Å². The molecule has 0 saturated carbocycles.